The molecular weight excluding hydrogens is 383 g/mol. The van der Waals surface area contributed by atoms with Gasteiger partial charge in [-0.3, -0.25) is 0 Å². The van der Waals surface area contributed by atoms with E-state index in [0.717, 1.165) is 25.0 Å². The van der Waals surface area contributed by atoms with Crippen LogP contribution in [-0.2, 0) is 17.5 Å². The summed E-state index contributed by atoms with van der Waals surface area (Å²) >= 11 is 1.24. The fourth-order valence-electron chi connectivity index (χ4n) is 2.42. The Labute approximate surface area is 157 Å². The predicted octanol–water partition coefficient (Wildman–Crippen LogP) is 4.15. The molecule has 1 aliphatic rings. The van der Waals surface area contributed by atoms with Crippen LogP contribution in [0.25, 0.3) is 0 Å². The van der Waals surface area contributed by atoms with Crippen molar-refractivity contribution < 1.29 is 27.5 Å². The Morgan fingerprint density at radius 1 is 1.30 bits per heavy atom. The predicted molar refractivity (Wildman–Crippen MR) is 92.5 cm³/mol. The summed E-state index contributed by atoms with van der Waals surface area (Å²) in [5.41, 5.74) is -0.331. The van der Waals surface area contributed by atoms with Gasteiger partial charge in [0.15, 0.2) is 5.69 Å². The molecule has 0 bridgehead atoms. The summed E-state index contributed by atoms with van der Waals surface area (Å²) in [5, 5.41) is 4.74. The summed E-state index contributed by atoms with van der Waals surface area (Å²) in [5.74, 6) is -0.551. The van der Waals surface area contributed by atoms with Gasteiger partial charge in [0.25, 0.3) is 0 Å². The number of hydrogen-bond acceptors (Lipinski definition) is 5. The van der Waals surface area contributed by atoms with E-state index in [0.29, 0.717) is 5.01 Å². The van der Waals surface area contributed by atoms with Gasteiger partial charge >= 0.3 is 18.2 Å². The Bertz CT molecular complexity index is 832. The van der Waals surface area contributed by atoms with Gasteiger partial charge < -0.3 is 15.0 Å². The Hall–Kier alpha value is -2.62. The first-order valence-corrected chi connectivity index (χ1v) is 8.93. The summed E-state index contributed by atoms with van der Waals surface area (Å²) < 4.78 is 42.5. The Balaban J connectivity index is 1.67. The molecule has 1 aliphatic carbocycles. The summed E-state index contributed by atoms with van der Waals surface area (Å²) in [6.07, 6.45) is -2.74. The average Bonchev–Trinajstić information content (AvgIpc) is 3.36. The first-order valence-electron chi connectivity index (χ1n) is 8.05. The number of rotatable bonds is 5. The second-order valence-electron chi connectivity index (χ2n) is 5.98. The van der Waals surface area contributed by atoms with Crippen LogP contribution in [0.4, 0.5) is 23.7 Å². The second kappa shape index (κ2) is 7.55. The Morgan fingerprint density at radius 3 is 2.52 bits per heavy atom. The van der Waals surface area contributed by atoms with Crippen LogP contribution in [0.5, 0.6) is 0 Å². The number of hydrogen-bond donors (Lipinski definition) is 1. The molecule has 0 radical (unpaired) electrons. The van der Waals surface area contributed by atoms with E-state index in [-0.39, 0.29) is 24.0 Å². The maximum Gasteiger partial charge on any atom is 0.416 e. The number of anilines is 1. The summed E-state index contributed by atoms with van der Waals surface area (Å²) in [4.78, 5) is 29.8. The highest BCUT2D eigenvalue weighted by atomic mass is 32.1. The van der Waals surface area contributed by atoms with Gasteiger partial charge in [-0.2, -0.15) is 13.2 Å². The van der Waals surface area contributed by atoms with Gasteiger partial charge in [-0.25, -0.2) is 14.6 Å². The van der Waals surface area contributed by atoms with Gasteiger partial charge in [-0.15, -0.1) is 11.3 Å². The molecule has 0 atom stereocenters. The molecule has 2 aromatic rings. The number of aromatic nitrogens is 1. The number of thiazole rings is 1. The van der Waals surface area contributed by atoms with Crippen LogP contribution in [0.3, 0.4) is 0 Å². The van der Waals surface area contributed by atoms with Crippen molar-refractivity contribution in [2.24, 2.45) is 0 Å². The smallest absolute Gasteiger partial charge is 0.416 e. The van der Waals surface area contributed by atoms with Gasteiger partial charge in [0.2, 0.25) is 0 Å². The summed E-state index contributed by atoms with van der Waals surface area (Å²) in [6, 6.07) is 3.88. The molecular formula is C17H16F3N3O3S. The summed E-state index contributed by atoms with van der Waals surface area (Å²) in [6.45, 7) is 0.207. The number of nitrogens with zero attached hydrogens (tertiary/aromatic N) is 2. The fourth-order valence-corrected chi connectivity index (χ4v) is 3.18. The first-order chi connectivity index (χ1) is 12.8. The van der Waals surface area contributed by atoms with Crippen LogP contribution < -0.4 is 5.32 Å². The van der Waals surface area contributed by atoms with E-state index in [2.05, 4.69) is 15.0 Å². The lowest BCUT2D eigenvalue weighted by atomic mass is 10.2. The third-order valence-corrected chi connectivity index (χ3v) is 4.80. The number of benzene rings is 1. The third-order valence-electron chi connectivity index (χ3n) is 3.96. The Kier molecular flexibility index (Phi) is 5.36. The molecule has 0 saturated heterocycles. The number of esters is 1. The summed E-state index contributed by atoms with van der Waals surface area (Å²) in [7, 11) is 1.26. The topological polar surface area (TPSA) is 71.5 Å². The minimum Gasteiger partial charge on any atom is -0.464 e. The average molecular weight is 399 g/mol. The van der Waals surface area contributed by atoms with Crippen molar-refractivity contribution >= 4 is 29.0 Å². The molecule has 0 unspecified atom stereocenters. The zero-order valence-electron chi connectivity index (χ0n) is 14.2. The molecule has 144 valence electrons. The fraction of sp³-hybridized carbons (Fsp3) is 0.353. The van der Waals surface area contributed by atoms with Crippen LogP contribution >= 0.6 is 11.3 Å². The Morgan fingerprint density at radius 2 is 1.96 bits per heavy atom. The maximum atomic E-state index is 12.6. The largest absolute Gasteiger partial charge is 0.464 e. The zero-order chi connectivity index (χ0) is 19.6. The van der Waals surface area contributed by atoms with Crippen molar-refractivity contribution in [3.8, 4) is 0 Å². The molecule has 10 heteroatoms. The van der Waals surface area contributed by atoms with Crippen LogP contribution in [0.15, 0.2) is 29.6 Å². The van der Waals surface area contributed by atoms with E-state index in [1.165, 1.54) is 30.6 Å². The molecule has 6 nitrogen and oxygen atoms in total. The van der Waals surface area contributed by atoms with E-state index in [1.54, 1.807) is 10.3 Å². The molecule has 1 saturated carbocycles. The van der Waals surface area contributed by atoms with Crippen LogP contribution in [0.2, 0.25) is 0 Å². The van der Waals surface area contributed by atoms with Crippen molar-refractivity contribution in [3.63, 3.8) is 0 Å². The second-order valence-corrected chi connectivity index (χ2v) is 6.93. The van der Waals surface area contributed by atoms with Crippen LogP contribution in [0.1, 0.15) is 33.9 Å². The van der Waals surface area contributed by atoms with Crippen molar-refractivity contribution in [2.45, 2.75) is 31.6 Å². The molecule has 2 amide bonds. The molecule has 1 aromatic carbocycles. The van der Waals surface area contributed by atoms with Gasteiger partial charge in [0, 0.05) is 17.1 Å². The number of carbonyl (C=O) groups is 2. The number of methoxy groups -OCH3 is 1. The van der Waals surface area contributed by atoms with Gasteiger partial charge in [0.1, 0.15) is 5.01 Å². The number of urea groups is 1. The van der Waals surface area contributed by atoms with E-state index in [4.69, 9.17) is 0 Å². The SMILES string of the molecule is COC(=O)c1csc(CN(C(=O)Nc2ccc(C(F)(F)F)cc2)C2CC2)n1. The zero-order valence-corrected chi connectivity index (χ0v) is 15.1. The van der Waals surface area contributed by atoms with Gasteiger partial charge in [0.05, 0.1) is 19.2 Å². The highest BCUT2D eigenvalue weighted by Crippen LogP contribution is 2.31. The van der Waals surface area contributed by atoms with Gasteiger partial charge in [-0.05, 0) is 37.1 Å². The normalized spacial score (nSPS) is 13.9. The molecule has 1 aromatic heterocycles. The molecule has 27 heavy (non-hydrogen) atoms. The lowest BCUT2D eigenvalue weighted by Gasteiger charge is -2.22. The lowest BCUT2D eigenvalue weighted by Crippen LogP contribution is -2.36. The van der Waals surface area contributed by atoms with E-state index in [1.807, 2.05) is 0 Å². The molecule has 0 spiro atoms. The van der Waals surface area contributed by atoms with E-state index < -0.39 is 23.7 Å². The lowest BCUT2D eigenvalue weighted by molar-refractivity contribution is -0.137. The standard InChI is InChI=1S/C17H16F3N3O3S/c1-26-15(24)13-9-27-14(22-13)8-23(12-6-7-12)16(25)21-11-4-2-10(3-5-11)17(18,19)20/h2-5,9,12H,6-8H2,1H3,(H,21,25). The highest BCUT2D eigenvalue weighted by Gasteiger charge is 2.34. The van der Waals surface area contributed by atoms with Crippen LogP contribution in [-0.4, -0.2) is 35.0 Å². The molecule has 0 aliphatic heterocycles. The number of halogens is 3. The molecule has 1 heterocycles. The number of nitrogens with one attached hydrogen (secondary N) is 1. The quantitative estimate of drug-likeness (QED) is 0.767. The van der Waals surface area contributed by atoms with Gasteiger partial charge in [-0.1, -0.05) is 0 Å². The molecule has 3 rings (SSSR count). The maximum absolute atomic E-state index is 12.6. The number of ether oxygens (including phenoxy) is 1. The van der Waals surface area contributed by atoms with Crippen molar-refractivity contribution in [1.82, 2.24) is 9.88 Å². The molecule has 1 fully saturated rings. The third kappa shape index (κ3) is 4.76. The highest BCUT2D eigenvalue weighted by molar-refractivity contribution is 7.09. The number of carbonyl (C=O) groups excluding carboxylic acids is 2. The first kappa shape index (κ1) is 19.2. The monoisotopic (exact) mass is 399 g/mol. The number of alkyl halides is 3. The van der Waals surface area contributed by atoms with E-state index >= 15 is 0 Å². The van der Waals surface area contributed by atoms with Crippen molar-refractivity contribution in [2.75, 3.05) is 12.4 Å². The van der Waals surface area contributed by atoms with Crippen molar-refractivity contribution in [1.29, 1.82) is 0 Å². The van der Waals surface area contributed by atoms with Crippen molar-refractivity contribution in [3.05, 3.63) is 45.9 Å². The molecule has 1 N–H and O–H groups in total. The number of amides is 2. The minimum atomic E-state index is -4.43. The minimum absolute atomic E-state index is 0.0462. The van der Waals surface area contributed by atoms with Crippen LogP contribution in [0, 0.1) is 0 Å². The van der Waals surface area contributed by atoms with E-state index in [9.17, 15) is 22.8 Å².